The van der Waals surface area contributed by atoms with Crippen molar-refractivity contribution in [3.05, 3.63) is 28.2 Å². The molecule has 0 bridgehead atoms. The summed E-state index contributed by atoms with van der Waals surface area (Å²) in [5, 5.41) is 1.04. The van der Waals surface area contributed by atoms with Crippen LogP contribution in [0.15, 0.2) is 18.2 Å². The summed E-state index contributed by atoms with van der Waals surface area (Å²) in [6.45, 7) is 8.54. The fourth-order valence-corrected chi connectivity index (χ4v) is 2.05. The first kappa shape index (κ1) is 14.6. The summed E-state index contributed by atoms with van der Waals surface area (Å²) in [6.07, 6.45) is 1.03. The van der Waals surface area contributed by atoms with E-state index in [2.05, 4.69) is 13.8 Å². The van der Waals surface area contributed by atoms with E-state index in [4.69, 9.17) is 27.9 Å². The van der Waals surface area contributed by atoms with Gasteiger partial charge < -0.3 is 9.64 Å². The van der Waals surface area contributed by atoms with Crippen molar-refractivity contribution in [3.8, 4) is 5.75 Å². The van der Waals surface area contributed by atoms with Crippen molar-refractivity contribution in [2.24, 2.45) is 0 Å². The zero-order valence-electron chi connectivity index (χ0n) is 10.4. The normalized spacial score (nSPS) is 10.9. The number of hydrogen-bond acceptors (Lipinski definition) is 1. The molecule has 0 aromatic heterocycles. The highest BCUT2D eigenvalue weighted by molar-refractivity contribution is 6.42. The SMILES string of the molecule is CC[NH+](CC)CCCOc1cccc(Cl)c1Cl. The van der Waals surface area contributed by atoms with Crippen LogP contribution in [-0.4, -0.2) is 26.2 Å². The summed E-state index contributed by atoms with van der Waals surface area (Å²) in [4.78, 5) is 1.59. The Balaban J connectivity index is 2.33. The zero-order valence-corrected chi connectivity index (χ0v) is 11.9. The van der Waals surface area contributed by atoms with Gasteiger partial charge in [0, 0.05) is 6.42 Å². The van der Waals surface area contributed by atoms with E-state index in [1.807, 2.05) is 12.1 Å². The van der Waals surface area contributed by atoms with E-state index in [0.717, 1.165) is 26.1 Å². The predicted molar refractivity (Wildman–Crippen MR) is 73.5 cm³/mol. The highest BCUT2D eigenvalue weighted by Crippen LogP contribution is 2.31. The van der Waals surface area contributed by atoms with Gasteiger partial charge in [-0.2, -0.15) is 0 Å². The van der Waals surface area contributed by atoms with Crippen LogP contribution in [0.25, 0.3) is 0 Å². The van der Waals surface area contributed by atoms with Crippen LogP contribution in [0.3, 0.4) is 0 Å². The lowest BCUT2D eigenvalue weighted by molar-refractivity contribution is -0.896. The Labute approximate surface area is 113 Å². The number of benzene rings is 1. The summed E-state index contributed by atoms with van der Waals surface area (Å²) in [5.41, 5.74) is 0. The summed E-state index contributed by atoms with van der Waals surface area (Å²) >= 11 is 11.9. The summed E-state index contributed by atoms with van der Waals surface area (Å²) in [7, 11) is 0. The fraction of sp³-hybridized carbons (Fsp3) is 0.538. The van der Waals surface area contributed by atoms with E-state index in [-0.39, 0.29) is 0 Å². The number of rotatable bonds is 7. The lowest BCUT2D eigenvalue weighted by atomic mass is 10.3. The van der Waals surface area contributed by atoms with Crippen molar-refractivity contribution >= 4 is 23.2 Å². The molecule has 0 aliphatic rings. The van der Waals surface area contributed by atoms with Crippen molar-refractivity contribution in [2.75, 3.05) is 26.2 Å². The van der Waals surface area contributed by atoms with Crippen LogP contribution >= 0.6 is 23.2 Å². The molecular formula is C13H20Cl2NO+. The monoisotopic (exact) mass is 276 g/mol. The maximum atomic E-state index is 6.03. The average molecular weight is 277 g/mol. The quantitative estimate of drug-likeness (QED) is 0.756. The topological polar surface area (TPSA) is 13.7 Å². The van der Waals surface area contributed by atoms with Gasteiger partial charge in [0.2, 0.25) is 0 Å². The smallest absolute Gasteiger partial charge is 0.139 e. The number of quaternary nitrogens is 1. The minimum Gasteiger partial charge on any atom is -0.492 e. The lowest BCUT2D eigenvalue weighted by Gasteiger charge is -2.15. The van der Waals surface area contributed by atoms with E-state index in [0.29, 0.717) is 22.4 Å². The molecule has 0 amide bonds. The van der Waals surface area contributed by atoms with Crippen molar-refractivity contribution < 1.29 is 9.64 Å². The molecule has 0 saturated heterocycles. The molecule has 4 heteroatoms. The largest absolute Gasteiger partial charge is 0.492 e. The third-order valence-electron chi connectivity index (χ3n) is 2.85. The molecule has 0 unspecified atom stereocenters. The van der Waals surface area contributed by atoms with Gasteiger partial charge in [-0.1, -0.05) is 29.3 Å². The molecule has 0 fully saturated rings. The fourth-order valence-electron chi connectivity index (χ4n) is 1.70. The Hall–Kier alpha value is -0.440. The van der Waals surface area contributed by atoms with Crippen LogP contribution in [0.4, 0.5) is 0 Å². The van der Waals surface area contributed by atoms with Gasteiger partial charge in [0.1, 0.15) is 10.8 Å². The van der Waals surface area contributed by atoms with Crippen molar-refractivity contribution in [3.63, 3.8) is 0 Å². The minimum absolute atomic E-state index is 0.504. The third-order valence-corrected chi connectivity index (χ3v) is 3.65. The molecule has 0 spiro atoms. The average Bonchev–Trinajstić information content (AvgIpc) is 2.34. The second kappa shape index (κ2) is 7.80. The third kappa shape index (κ3) is 4.74. The molecule has 1 aromatic carbocycles. The molecule has 1 N–H and O–H groups in total. The van der Waals surface area contributed by atoms with E-state index in [1.54, 1.807) is 11.0 Å². The summed E-state index contributed by atoms with van der Waals surface area (Å²) in [5.74, 6) is 0.675. The first-order chi connectivity index (χ1) is 8.19. The number of ether oxygens (including phenoxy) is 1. The standard InChI is InChI=1S/C13H19Cl2NO/c1-3-16(4-2)9-6-10-17-12-8-5-7-11(14)13(12)15/h5,7-8H,3-4,6,9-10H2,1-2H3/p+1. The Morgan fingerprint density at radius 1 is 1.18 bits per heavy atom. The molecule has 0 saturated carbocycles. The van der Waals surface area contributed by atoms with Crippen LogP contribution in [0.1, 0.15) is 20.3 Å². The molecule has 0 atom stereocenters. The van der Waals surface area contributed by atoms with Crippen LogP contribution < -0.4 is 9.64 Å². The minimum atomic E-state index is 0.504. The first-order valence-electron chi connectivity index (χ1n) is 6.09. The first-order valence-corrected chi connectivity index (χ1v) is 6.85. The van der Waals surface area contributed by atoms with Gasteiger partial charge in [-0.05, 0) is 26.0 Å². The van der Waals surface area contributed by atoms with E-state index in [9.17, 15) is 0 Å². The van der Waals surface area contributed by atoms with Crippen LogP contribution in [-0.2, 0) is 0 Å². The number of nitrogens with one attached hydrogen (secondary N) is 1. The Bertz CT molecular complexity index is 340. The Kier molecular flexibility index (Phi) is 6.71. The molecule has 0 radical (unpaired) electrons. The van der Waals surface area contributed by atoms with Gasteiger partial charge in [0.25, 0.3) is 0 Å². The van der Waals surface area contributed by atoms with Gasteiger partial charge in [-0.15, -0.1) is 0 Å². The lowest BCUT2D eigenvalue weighted by Crippen LogP contribution is -3.11. The Morgan fingerprint density at radius 3 is 2.53 bits per heavy atom. The predicted octanol–water partition coefficient (Wildman–Crippen LogP) is 2.69. The molecule has 96 valence electrons. The van der Waals surface area contributed by atoms with Crippen molar-refractivity contribution in [2.45, 2.75) is 20.3 Å². The van der Waals surface area contributed by atoms with E-state index in [1.165, 1.54) is 0 Å². The molecule has 0 aliphatic heterocycles. The molecule has 2 nitrogen and oxygen atoms in total. The van der Waals surface area contributed by atoms with Gasteiger partial charge in [0.05, 0.1) is 31.3 Å². The number of halogens is 2. The maximum Gasteiger partial charge on any atom is 0.139 e. The summed E-state index contributed by atoms with van der Waals surface area (Å²) in [6, 6.07) is 5.45. The second-order valence-electron chi connectivity index (χ2n) is 3.96. The van der Waals surface area contributed by atoms with Gasteiger partial charge in [-0.3, -0.25) is 0 Å². The molecule has 17 heavy (non-hydrogen) atoms. The highest BCUT2D eigenvalue weighted by Gasteiger charge is 2.06. The molecule has 0 aliphatic carbocycles. The van der Waals surface area contributed by atoms with Gasteiger partial charge in [0.15, 0.2) is 0 Å². The molecular weight excluding hydrogens is 257 g/mol. The summed E-state index contributed by atoms with van der Waals surface area (Å²) < 4.78 is 5.63. The zero-order chi connectivity index (χ0) is 12.7. The number of hydrogen-bond donors (Lipinski definition) is 1. The van der Waals surface area contributed by atoms with E-state index >= 15 is 0 Å². The molecule has 0 heterocycles. The molecule has 1 rings (SSSR count). The van der Waals surface area contributed by atoms with Crippen LogP contribution in [0.5, 0.6) is 5.75 Å². The highest BCUT2D eigenvalue weighted by atomic mass is 35.5. The van der Waals surface area contributed by atoms with Crippen LogP contribution in [0.2, 0.25) is 10.0 Å². The van der Waals surface area contributed by atoms with Gasteiger partial charge >= 0.3 is 0 Å². The van der Waals surface area contributed by atoms with Gasteiger partial charge in [-0.25, -0.2) is 0 Å². The van der Waals surface area contributed by atoms with Crippen molar-refractivity contribution in [1.29, 1.82) is 0 Å². The second-order valence-corrected chi connectivity index (χ2v) is 4.75. The van der Waals surface area contributed by atoms with Crippen LogP contribution in [0, 0.1) is 0 Å². The van der Waals surface area contributed by atoms with Crippen molar-refractivity contribution in [1.82, 2.24) is 0 Å². The van der Waals surface area contributed by atoms with E-state index < -0.39 is 0 Å². The maximum absolute atomic E-state index is 6.03. The molecule has 1 aromatic rings. The Morgan fingerprint density at radius 2 is 1.88 bits per heavy atom.